The Balaban J connectivity index is 2.70. The smallest absolute Gasteiger partial charge is 0.116 e. The van der Waals surface area contributed by atoms with Crippen LogP contribution in [0.2, 0.25) is 0 Å². The third-order valence-corrected chi connectivity index (χ3v) is 3.56. The molecule has 0 radical (unpaired) electrons. The second-order valence-electron chi connectivity index (χ2n) is 4.73. The average Bonchev–Trinajstić information content (AvgIpc) is 2.37. The first-order valence-corrected chi connectivity index (χ1v) is 6.13. The van der Waals surface area contributed by atoms with E-state index in [0.29, 0.717) is 6.54 Å². The van der Waals surface area contributed by atoms with Gasteiger partial charge in [-0.15, -0.1) is 0 Å². The van der Waals surface area contributed by atoms with Crippen LogP contribution in [-0.4, -0.2) is 9.97 Å². The standard InChI is InChI=1S/C15H19N3/c1-9-5-10(2)12(4)15(11(9)3)14-6-13(7-16)17-8-18-14/h5-6,8H,7,16H2,1-4H3. The zero-order chi connectivity index (χ0) is 13.3. The molecule has 1 aromatic heterocycles. The molecule has 18 heavy (non-hydrogen) atoms. The van der Waals surface area contributed by atoms with Gasteiger partial charge in [0, 0.05) is 12.1 Å². The van der Waals surface area contributed by atoms with E-state index in [9.17, 15) is 0 Å². The van der Waals surface area contributed by atoms with Gasteiger partial charge >= 0.3 is 0 Å². The largest absolute Gasteiger partial charge is 0.325 e. The Morgan fingerprint density at radius 1 is 0.944 bits per heavy atom. The van der Waals surface area contributed by atoms with Crippen molar-refractivity contribution >= 4 is 0 Å². The summed E-state index contributed by atoms with van der Waals surface area (Å²) in [6, 6.07) is 4.20. The van der Waals surface area contributed by atoms with E-state index in [0.717, 1.165) is 11.4 Å². The second-order valence-corrected chi connectivity index (χ2v) is 4.73. The molecule has 2 rings (SSSR count). The molecule has 0 saturated heterocycles. The molecule has 94 valence electrons. The Bertz CT molecular complexity index is 562. The van der Waals surface area contributed by atoms with Gasteiger partial charge in [-0.05, 0) is 56.0 Å². The molecule has 2 N–H and O–H groups in total. The Morgan fingerprint density at radius 3 is 2.11 bits per heavy atom. The zero-order valence-corrected chi connectivity index (χ0v) is 11.4. The van der Waals surface area contributed by atoms with Crippen LogP contribution in [0.3, 0.4) is 0 Å². The van der Waals surface area contributed by atoms with E-state index in [4.69, 9.17) is 5.73 Å². The maximum atomic E-state index is 5.64. The van der Waals surface area contributed by atoms with Crippen LogP contribution in [0, 0.1) is 27.7 Å². The molecule has 0 aliphatic heterocycles. The van der Waals surface area contributed by atoms with Crippen LogP contribution >= 0.6 is 0 Å². The first kappa shape index (κ1) is 12.7. The van der Waals surface area contributed by atoms with Crippen molar-refractivity contribution in [2.24, 2.45) is 5.73 Å². The molecule has 2 aromatic rings. The quantitative estimate of drug-likeness (QED) is 0.879. The van der Waals surface area contributed by atoms with Crippen molar-refractivity contribution in [3.05, 3.63) is 46.4 Å². The molecule has 3 heteroatoms. The zero-order valence-electron chi connectivity index (χ0n) is 11.4. The Hall–Kier alpha value is -1.74. The molecule has 0 amide bonds. The summed E-state index contributed by atoms with van der Waals surface area (Å²) in [4.78, 5) is 8.55. The highest BCUT2D eigenvalue weighted by atomic mass is 14.8. The van der Waals surface area contributed by atoms with Crippen molar-refractivity contribution in [1.29, 1.82) is 0 Å². The van der Waals surface area contributed by atoms with Crippen molar-refractivity contribution in [3.8, 4) is 11.3 Å². The monoisotopic (exact) mass is 241 g/mol. The van der Waals surface area contributed by atoms with Gasteiger partial charge < -0.3 is 5.73 Å². The Labute approximate surface area is 108 Å². The molecule has 0 spiro atoms. The minimum Gasteiger partial charge on any atom is -0.325 e. The van der Waals surface area contributed by atoms with Gasteiger partial charge in [0.1, 0.15) is 6.33 Å². The number of aryl methyl sites for hydroxylation is 2. The van der Waals surface area contributed by atoms with Gasteiger partial charge in [-0.3, -0.25) is 0 Å². The third kappa shape index (κ3) is 2.14. The third-order valence-electron chi connectivity index (χ3n) is 3.56. The highest BCUT2D eigenvalue weighted by Crippen LogP contribution is 2.30. The fourth-order valence-corrected chi connectivity index (χ4v) is 2.25. The predicted octanol–water partition coefficient (Wildman–Crippen LogP) is 2.84. The van der Waals surface area contributed by atoms with Gasteiger partial charge in [-0.2, -0.15) is 0 Å². The minimum absolute atomic E-state index is 0.443. The van der Waals surface area contributed by atoms with Crippen LogP contribution in [-0.2, 0) is 6.54 Å². The molecule has 0 aliphatic carbocycles. The SMILES string of the molecule is Cc1cc(C)c(C)c(-c2cc(CN)ncn2)c1C. The molecular formula is C15H19N3. The highest BCUT2D eigenvalue weighted by molar-refractivity contribution is 5.70. The normalized spacial score (nSPS) is 10.7. The van der Waals surface area contributed by atoms with E-state index in [2.05, 4.69) is 43.7 Å². The maximum Gasteiger partial charge on any atom is 0.116 e. The maximum absolute atomic E-state index is 5.64. The first-order chi connectivity index (χ1) is 8.54. The molecule has 3 nitrogen and oxygen atoms in total. The van der Waals surface area contributed by atoms with E-state index in [1.165, 1.54) is 27.8 Å². The molecule has 0 bridgehead atoms. The van der Waals surface area contributed by atoms with Crippen LogP contribution in [0.4, 0.5) is 0 Å². The average molecular weight is 241 g/mol. The number of aromatic nitrogens is 2. The van der Waals surface area contributed by atoms with Gasteiger partial charge in [0.15, 0.2) is 0 Å². The predicted molar refractivity (Wildman–Crippen MR) is 74.3 cm³/mol. The summed E-state index contributed by atoms with van der Waals surface area (Å²) in [7, 11) is 0. The van der Waals surface area contributed by atoms with Crippen molar-refractivity contribution in [3.63, 3.8) is 0 Å². The lowest BCUT2D eigenvalue weighted by atomic mass is 9.92. The number of benzene rings is 1. The van der Waals surface area contributed by atoms with Crippen LogP contribution in [0.15, 0.2) is 18.5 Å². The highest BCUT2D eigenvalue weighted by Gasteiger charge is 2.12. The molecule has 0 atom stereocenters. The summed E-state index contributed by atoms with van der Waals surface area (Å²) in [6.45, 7) is 8.99. The van der Waals surface area contributed by atoms with Crippen LogP contribution in [0.1, 0.15) is 27.9 Å². The Kier molecular flexibility index (Phi) is 3.43. The lowest BCUT2D eigenvalue weighted by Crippen LogP contribution is -2.02. The molecule has 0 unspecified atom stereocenters. The summed E-state index contributed by atoms with van der Waals surface area (Å²) in [5.74, 6) is 0. The van der Waals surface area contributed by atoms with Crippen molar-refractivity contribution in [1.82, 2.24) is 9.97 Å². The fourth-order valence-electron chi connectivity index (χ4n) is 2.25. The molecular weight excluding hydrogens is 222 g/mol. The fraction of sp³-hybridized carbons (Fsp3) is 0.333. The molecule has 1 heterocycles. The van der Waals surface area contributed by atoms with Gasteiger partial charge in [0.25, 0.3) is 0 Å². The van der Waals surface area contributed by atoms with Crippen molar-refractivity contribution < 1.29 is 0 Å². The lowest BCUT2D eigenvalue weighted by Gasteiger charge is -2.15. The van der Waals surface area contributed by atoms with E-state index in [-0.39, 0.29) is 0 Å². The number of nitrogens with two attached hydrogens (primary N) is 1. The van der Waals surface area contributed by atoms with E-state index in [1.54, 1.807) is 6.33 Å². The van der Waals surface area contributed by atoms with Crippen LogP contribution < -0.4 is 5.73 Å². The van der Waals surface area contributed by atoms with E-state index >= 15 is 0 Å². The topological polar surface area (TPSA) is 51.8 Å². The number of hydrogen-bond donors (Lipinski definition) is 1. The van der Waals surface area contributed by atoms with Crippen LogP contribution in [0.25, 0.3) is 11.3 Å². The summed E-state index contributed by atoms with van der Waals surface area (Å²) < 4.78 is 0. The van der Waals surface area contributed by atoms with Gasteiger partial charge in [0.05, 0.1) is 11.4 Å². The summed E-state index contributed by atoms with van der Waals surface area (Å²) in [5.41, 5.74) is 13.8. The molecule has 0 aliphatic rings. The van der Waals surface area contributed by atoms with E-state index in [1.807, 2.05) is 6.07 Å². The number of hydrogen-bond acceptors (Lipinski definition) is 3. The number of nitrogens with zero attached hydrogens (tertiary/aromatic N) is 2. The van der Waals surface area contributed by atoms with Crippen LogP contribution in [0.5, 0.6) is 0 Å². The number of rotatable bonds is 2. The summed E-state index contributed by atoms with van der Waals surface area (Å²) in [5, 5.41) is 0. The molecule has 1 aromatic carbocycles. The lowest BCUT2D eigenvalue weighted by molar-refractivity contribution is 0.965. The van der Waals surface area contributed by atoms with Gasteiger partial charge in [0.2, 0.25) is 0 Å². The van der Waals surface area contributed by atoms with Gasteiger partial charge in [-0.25, -0.2) is 9.97 Å². The van der Waals surface area contributed by atoms with E-state index < -0.39 is 0 Å². The van der Waals surface area contributed by atoms with Crippen molar-refractivity contribution in [2.75, 3.05) is 0 Å². The van der Waals surface area contributed by atoms with Gasteiger partial charge in [-0.1, -0.05) is 6.07 Å². The molecule has 0 fully saturated rings. The summed E-state index contributed by atoms with van der Waals surface area (Å²) in [6.07, 6.45) is 1.59. The van der Waals surface area contributed by atoms with Crippen molar-refractivity contribution in [2.45, 2.75) is 34.2 Å². The second kappa shape index (κ2) is 4.86. The first-order valence-electron chi connectivity index (χ1n) is 6.13. The summed E-state index contributed by atoms with van der Waals surface area (Å²) >= 11 is 0. The molecule has 0 saturated carbocycles. The minimum atomic E-state index is 0.443. The Morgan fingerprint density at radius 2 is 1.56 bits per heavy atom.